The fourth-order valence-electron chi connectivity index (χ4n) is 5.99. The average Bonchev–Trinajstić information content (AvgIpc) is 2.86. The van der Waals surface area contributed by atoms with Crippen molar-refractivity contribution in [3.8, 4) is 0 Å². The maximum Gasteiger partial charge on any atom is 0.405 e. The molecule has 11 heteroatoms. The minimum atomic E-state index is -4.31. The molecule has 3 aliphatic heterocycles. The first-order valence-electron chi connectivity index (χ1n) is 12.8. The fourth-order valence-corrected chi connectivity index (χ4v) is 7.12. The van der Waals surface area contributed by atoms with Crippen molar-refractivity contribution in [2.24, 2.45) is 5.92 Å². The van der Waals surface area contributed by atoms with E-state index in [1.165, 1.54) is 30.9 Å². The molecule has 5 rings (SSSR count). The van der Waals surface area contributed by atoms with Crippen LogP contribution in [0.1, 0.15) is 32.1 Å². The predicted molar refractivity (Wildman–Crippen MR) is 134 cm³/mol. The number of halogens is 3. The Hall–Kier alpha value is -1.95. The summed E-state index contributed by atoms with van der Waals surface area (Å²) in [6, 6.07) is 7.06. The van der Waals surface area contributed by atoms with Crippen LogP contribution in [-0.4, -0.2) is 87.8 Å². The SMILES string of the molecule is CN1CCN(c2ccc3cc(S(=O)(=O)NC[C@@H]4CCCN5CCCC[C@H]45)ccc3n2)CC1C(F)(F)F. The second kappa shape index (κ2) is 10.1. The Labute approximate surface area is 210 Å². The van der Waals surface area contributed by atoms with E-state index < -0.39 is 22.2 Å². The van der Waals surface area contributed by atoms with Gasteiger partial charge in [-0.25, -0.2) is 18.1 Å². The lowest BCUT2D eigenvalue weighted by Crippen LogP contribution is -2.57. The van der Waals surface area contributed by atoms with Crippen LogP contribution in [0.2, 0.25) is 0 Å². The van der Waals surface area contributed by atoms with Gasteiger partial charge in [0.2, 0.25) is 10.0 Å². The number of hydrogen-bond acceptors (Lipinski definition) is 6. The maximum absolute atomic E-state index is 13.4. The molecule has 0 saturated carbocycles. The van der Waals surface area contributed by atoms with Gasteiger partial charge in [-0.2, -0.15) is 13.2 Å². The molecule has 0 aliphatic carbocycles. The summed E-state index contributed by atoms with van der Waals surface area (Å²) in [6.45, 7) is 3.19. The van der Waals surface area contributed by atoms with Gasteiger partial charge >= 0.3 is 6.18 Å². The third kappa shape index (κ3) is 5.34. The highest BCUT2D eigenvalue weighted by Crippen LogP contribution is 2.32. The highest BCUT2D eigenvalue weighted by atomic mass is 32.2. The number of sulfonamides is 1. The van der Waals surface area contributed by atoms with Crippen LogP contribution < -0.4 is 9.62 Å². The van der Waals surface area contributed by atoms with Crippen molar-refractivity contribution in [3.05, 3.63) is 30.3 Å². The number of piperazine rings is 1. The van der Waals surface area contributed by atoms with Crippen LogP contribution in [-0.2, 0) is 10.0 Å². The van der Waals surface area contributed by atoms with E-state index in [-0.39, 0.29) is 18.0 Å². The lowest BCUT2D eigenvalue weighted by atomic mass is 9.84. The molecule has 1 aromatic heterocycles. The van der Waals surface area contributed by atoms with E-state index in [0.717, 1.165) is 32.4 Å². The summed E-state index contributed by atoms with van der Waals surface area (Å²) in [5.41, 5.74) is 0.555. The van der Waals surface area contributed by atoms with Gasteiger partial charge in [0.1, 0.15) is 11.9 Å². The van der Waals surface area contributed by atoms with Crippen LogP contribution in [0.5, 0.6) is 0 Å². The van der Waals surface area contributed by atoms with Gasteiger partial charge in [0.25, 0.3) is 0 Å². The highest BCUT2D eigenvalue weighted by Gasteiger charge is 2.45. The van der Waals surface area contributed by atoms with Crippen LogP contribution >= 0.6 is 0 Å². The normalized spacial score (nSPS) is 26.8. The summed E-state index contributed by atoms with van der Waals surface area (Å²) in [5, 5.41) is 0.638. The number of alkyl halides is 3. The topological polar surface area (TPSA) is 68.8 Å². The smallest absolute Gasteiger partial charge is 0.353 e. The Morgan fingerprint density at radius 3 is 2.64 bits per heavy atom. The van der Waals surface area contributed by atoms with Gasteiger partial charge in [-0.15, -0.1) is 0 Å². The summed E-state index contributed by atoms with van der Waals surface area (Å²) in [4.78, 5) is 10.2. The zero-order valence-corrected chi connectivity index (χ0v) is 21.4. The Morgan fingerprint density at radius 1 is 1.03 bits per heavy atom. The molecule has 3 atom stereocenters. The van der Waals surface area contributed by atoms with E-state index >= 15 is 0 Å². The molecule has 1 aromatic carbocycles. The highest BCUT2D eigenvalue weighted by molar-refractivity contribution is 7.89. The van der Waals surface area contributed by atoms with Crippen molar-refractivity contribution in [2.75, 3.05) is 51.2 Å². The van der Waals surface area contributed by atoms with Gasteiger partial charge in [0.05, 0.1) is 10.4 Å². The molecule has 3 fully saturated rings. The zero-order valence-electron chi connectivity index (χ0n) is 20.5. The molecule has 0 spiro atoms. The van der Waals surface area contributed by atoms with Crippen molar-refractivity contribution < 1.29 is 21.6 Å². The van der Waals surface area contributed by atoms with Crippen LogP contribution in [0.4, 0.5) is 19.0 Å². The third-order valence-electron chi connectivity index (χ3n) is 8.07. The summed E-state index contributed by atoms with van der Waals surface area (Å²) in [7, 11) is -2.20. The molecule has 0 amide bonds. The fraction of sp³-hybridized carbons (Fsp3) is 0.640. The van der Waals surface area contributed by atoms with E-state index in [1.807, 2.05) is 0 Å². The molecule has 1 N–H and O–H groups in total. The van der Waals surface area contributed by atoms with Crippen molar-refractivity contribution in [1.29, 1.82) is 0 Å². The first-order valence-corrected chi connectivity index (χ1v) is 14.3. The van der Waals surface area contributed by atoms with Crippen LogP contribution in [0.25, 0.3) is 10.9 Å². The molecular formula is C25H34F3N5O2S. The number of hydrogen-bond donors (Lipinski definition) is 1. The lowest BCUT2D eigenvalue weighted by molar-refractivity contribution is -0.180. The summed E-state index contributed by atoms with van der Waals surface area (Å²) < 4.78 is 69.2. The second-order valence-corrected chi connectivity index (χ2v) is 12.1. The lowest BCUT2D eigenvalue weighted by Gasteiger charge is -2.44. The Balaban J connectivity index is 1.29. The number of fused-ring (bicyclic) bond motifs is 2. The number of anilines is 1. The van der Waals surface area contributed by atoms with Crippen molar-refractivity contribution in [2.45, 2.75) is 55.3 Å². The molecule has 4 heterocycles. The van der Waals surface area contributed by atoms with Gasteiger partial charge in [-0.05, 0) is 82.1 Å². The zero-order chi connectivity index (χ0) is 25.5. The van der Waals surface area contributed by atoms with Crippen molar-refractivity contribution in [1.82, 2.24) is 19.5 Å². The minimum absolute atomic E-state index is 0.178. The van der Waals surface area contributed by atoms with Gasteiger partial charge in [0.15, 0.2) is 0 Å². The number of nitrogens with zero attached hydrogens (tertiary/aromatic N) is 4. The molecule has 2 aromatic rings. The van der Waals surface area contributed by atoms with Gasteiger partial charge < -0.3 is 9.80 Å². The molecule has 0 radical (unpaired) electrons. The standard InChI is InChI=1S/C25H34F3N5O2S/c1-31-13-14-33(17-23(31)25(26,27)28)24-10-7-18-15-20(8-9-21(18)30-24)36(34,35)29-16-19-5-4-12-32-11-3-2-6-22(19)32/h7-10,15,19,22-23,29H,2-6,11-14,16-17H2,1H3/t19-,22+,23?/m0/s1. The van der Waals surface area contributed by atoms with Gasteiger partial charge in [-0.3, -0.25) is 4.90 Å². The number of nitrogens with one attached hydrogen (secondary N) is 1. The molecule has 3 aliphatic rings. The minimum Gasteiger partial charge on any atom is -0.353 e. The first-order chi connectivity index (χ1) is 17.1. The number of rotatable bonds is 5. The molecule has 36 heavy (non-hydrogen) atoms. The van der Waals surface area contributed by atoms with E-state index in [2.05, 4.69) is 14.6 Å². The first kappa shape index (κ1) is 25.7. The van der Waals surface area contributed by atoms with E-state index in [1.54, 1.807) is 29.2 Å². The van der Waals surface area contributed by atoms with E-state index in [9.17, 15) is 21.6 Å². The molecule has 1 unspecified atom stereocenters. The Bertz CT molecular complexity index is 1190. The van der Waals surface area contributed by atoms with Crippen molar-refractivity contribution in [3.63, 3.8) is 0 Å². The quantitative estimate of drug-likeness (QED) is 0.645. The van der Waals surface area contributed by atoms with Crippen LogP contribution in [0.3, 0.4) is 0 Å². The Morgan fingerprint density at radius 2 is 1.83 bits per heavy atom. The van der Waals surface area contributed by atoms with Gasteiger partial charge in [-0.1, -0.05) is 6.42 Å². The third-order valence-corrected chi connectivity index (χ3v) is 9.49. The van der Waals surface area contributed by atoms with Gasteiger partial charge in [0, 0.05) is 37.6 Å². The monoisotopic (exact) mass is 525 g/mol. The molecule has 0 bridgehead atoms. The number of benzene rings is 1. The number of piperidine rings is 2. The number of aromatic nitrogens is 1. The number of pyridine rings is 1. The summed E-state index contributed by atoms with van der Waals surface area (Å²) in [6.07, 6.45) is 1.38. The summed E-state index contributed by atoms with van der Waals surface area (Å²) in [5.74, 6) is 0.788. The average molecular weight is 526 g/mol. The van der Waals surface area contributed by atoms with Crippen molar-refractivity contribution >= 4 is 26.7 Å². The molecular weight excluding hydrogens is 491 g/mol. The van der Waals surface area contributed by atoms with E-state index in [0.29, 0.717) is 41.8 Å². The molecule has 198 valence electrons. The largest absolute Gasteiger partial charge is 0.405 e. The van der Waals surface area contributed by atoms with Crippen LogP contribution in [0.15, 0.2) is 35.2 Å². The molecule has 7 nitrogen and oxygen atoms in total. The maximum atomic E-state index is 13.4. The number of likely N-dealkylation sites (N-methyl/N-ethyl adjacent to an activating group) is 1. The van der Waals surface area contributed by atoms with E-state index in [4.69, 9.17) is 0 Å². The second-order valence-electron chi connectivity index (χ2n) is 10.4. The predicted octanol–water partition coefficient (Wildman–Crippen LogP) is 3.46. The van der Waals surface area contributed by atoms with Crippen LogP contribution in [0, 0.1) is 5.92 Å². The Kier molecular flexibility index (Phi) is 7.19. The molecule has 3 saturated heterocycles. The summed E-state index contributed by atoms with van der Waals surface area (Å²) >= 11 is 0.